The van der Waals surface area contributed by atoms with E-state index in [0.29, 0.717) is 0 Å². The van der Waals surface area contributed by atoms with Crippen LogP contribution in [0.3, 0.4) is 0 Å². The maximum absolute atomic E-state index is 3.43. The molecule has 0 saturated heterocycles. The van der Waals surface area contributed by atoms with Crippen molar-refractivity contribution in [2.45, 2.75) is 45.4 Å². The minimum Gasteiger partial charge on any atom is -0.0925 e. The number of alkyl halides is 1. The summed E-state index contributed by atoms with van der Waals surface area (Å²) in [6.07, 6.45) is 16.8. The maximum Gasteiger partial charge on any atom is 0.00660 e. The Hall–Kier alpha value is -0.300. The van der Waals surface area contributed by atoms with Gasteiger partial charge in [0, 0.05) is 5.33 Å². The molecule has 0 bridgehead atoms. The van der Waals surface area contributed by atoms with Crippen LogP contribution in [0.15, 0.2) is 35.5 Å². The van der Waals surface area contributed by atoms with E-state index >= 15 is 0 Å². The van der Waals surface area contributed by atoms with Gasteiger partial charge in [0.1, 0.15) is 0 Å². The lowest BCUT2D eigenvalue weighted by molar-refractivity contribution is 0.719. The highest BCUT2D eigenvalue weighted by Crippen LogP contribution is 2.27. The van der Waals surface area contributed by atoms with Crippen molar-refractivity contribution < 1.29 is 0 Å². The summed E-state index contributed by atoms with van der Waals surface area (Å²) in [5, 5.41) is 1.06. The van der Waals surface area contributed by atoms with Gasteiger partial charge in [-0.1, -0.05) is 46.7 Å². The third-order valence-corrected chi connectivity index (χ3v) is 3.32. The molecule has 1 heteroatoms. The molecule has 1 aliphatic rings. The van der Waals surface area contributed by atoms with Gasteiger partial charge in [-0.25, -0.2) is 0 Å². The number of rotatable bonds is 3. The molecule has 0 heterocycles. The summed E-state index contributed by atoms with van der Waals surface area (Å²) in [5.74, 6) is 0. The molecule has 15 heavy (non-hydrogen) atoms. The van der Waals surface area contributed by atoms with Crippen LogP contribution in [-0.4, -0.2) is 5.33 Å². The largest absolute Gasteiger partial charge is 0.0925 e. The predicted molar refractivity (Wildman–Crippen MR) is 72.5 cm³/mol. The Morgan fingerprint density at radius 3 is 2.53 bits per heavy atom. The van der Waals surface area contributed by atoms with Gasteiger partial charge in [0.05, 0.1) is 0 Å². The summed E-state index contributed by atoms with van der Waals surface area (Å²) < 4.78 is 0. The first-order valence-corrected chi connectivity index (χ1v) is 7.08. The van der Waals surface area contributed by atoms with E-state index in [1.807, 2.05) is 0 Å². The van der Waals surface area contributed by atoms with E-state index in [0.717, 1.165) is 11.8 Å². The first kappa shape index (κ1) is 12.8. The first-order chi connectivity index (χ1) is 7.38. The van der Waals surface area contributed by atoms with Gasteiger partial charge in [-0.3, -0.25) is 0 Å². The van der Waals surface area contributed by atoms with Gasteiger partial charge in [-0.05, 0) is 50.2 Å². The van der Waals surface area contributed by atoms with Crippen LogP contribution in [-0.2, 0) is 0 Å². The second-order valence-electron chi connectivity index (χ2n) is 3.97. The van der Waals surface area contributed by atoms with Gasteiger partial charge in [-0.15, -0.1) is 0 Å². The summed E-state index contributed by atoms with van der Waals surface area (Å²) in [5.41, 5.74) is 3.12. The monoisotopic (exact) mass is 268 g/mol. The molecule has 1 aliphatic carbocycles. The lowest BCUT2D eigenvalue weighted by Gasteiger charge is -2.05. The van der Waals surface area contributed by atoms with E-state index in [1.54, 1.807) is 11.1 Å². The fourth-order valence-electron chi connectivity index (χ4n) is 1.99. The van der Waals surface area contributed by atoms with Crippen LogP contribution in [0, 0.1) is 0 Å². The topological polar surface area (TPSA) is 0 Å². The molecule has 0 spiro atoms. The van der Waals surface area contributed by atoms with Gasteiger partial charge >= 0.3 is 0 Å². The third kappa shape index (κ3) is 4.83. The zero-order chi connectivity index (χ0) is 10.9. The van der Waals surface area contributed by atoms with E-state index in [1.165, 1.54) is 32.1 Å². The molecular formula is C14H21Br. The van der Waals surface area contributed by atoms with Crippen LogP contribution in [0.1, 0.15) is 45.4 Å². The van der Waals surface area contributed by atoms with Crippen LogP contribution in [0.5, 0.6) is 0 Å². The Labute approximate surface area is 102 Å². The van der Waals surface area contributed by atoms with Crippen molar-refractivity contribution in [2.24, 2.45) is 0 Å². The van der Waals surface area contributed by atoms with Crippen LogP contribution >= 0.6 is 15.9 Å². The van der Waals surface area contributed by atoms with Gasteiger partial charge < -0.3 is 0 Å². The molecule has 0 aliphatic heterocycles. The van der Waals surface area contributed by atoms with Crippen LogP contribution in [0.2, 0.25) is 0 Å². The summed E-state index contributed by atoms with van der Waals surface area (Å²) in [7, 11) is 0. The lowest BCUT2D eigenvalue weighted by atomic mass is 10.0. The Bertz CT molecular complexity index is 259. The fourth-order valence-corrected chi connectivity index (χ4v) is 2.26. The highest BCUT2D eigenvalue weighted by molar-refractivity contribution is 9.09. The average molecular weight is 269 g/mol. The molecule has 1 rings (SSSR count). The molecule has 0 radical (unpaired) electrons. The molecule has 0 atom stereocenters. The normalized spacial score (nSPS) is 23.9. The molecule has 0 aromatic rings. The van der Waals surface area contributed by atoms with E-state index < -0.39 is 0 Å². The van der Waals surface area contributed by atoms with Crippen molar-refractivity contribution in [3.8, 4) is 0 Å². The quantitative estimate of drug-likeness (QED) is 0.490. The van der Waals surface area contributed by atoms with E-state index in [4.69, 9.17) is 0 Å². The smallest absolute Gasteiger partial charge is 0.00660 e. The summed E-state index contributed by atoms with van der Waals surface area (Å²) in [6, 6.07) is 0. The molecule has 0 nitrogen and oxygen atoms in total. The van der Waals surface area contributed by atoms with Gasteiger partial charge in [-0.2, -0.15) is 0 Å². The van der Waals surface area contributed by atoms with E-state index in [-0.39, 0.29) is 0 Å². The van der Waals surface area contributed by atoms with Gasteiger partial charge in [0.25, 0.3) is 0 Å². The van der Waals surface area contributed by atoms with Crippen molar-refractivity contribution in [3.63, 3.8) is 0 Å². The van der Waals surface area contributed by atoms with Crippen molar-refractivity contribution >= 4 is 15.9 Å². The van der Waals surface area contributed by atoms with Crippen molar-refractivity contribution in [2.75, 3.05) is 5.33 Å². The van der Waals surface area contributed by atoms with Crippen molar-refractivity contribution in [1.82, 2.24) is 0 Å². The molecule has 0 N–H and O–H groups in total. The summed E-state index contributed by atoms with van der Waals surface area (Å²) >= 11 is 3.43. The number of allylic oxidation sites excluding steroid dienone is 6. The number of halogens is 1. The van der Waals surface area contributed by atoms with E-state index in [9.17, 15) is 0 Å². The molecule has 0 aromatic carbocycles. The Morgan fingerprint density at radius 2 is 1.87 bits per heavy atom. The molecule has 0 amide bonds. The Kier molecular flexibility index (Phi) is 6.74. The molecular weight excluding hydrogens is 248 g/mol. The summed E-state index contributed by atoms with van der Waals surface area (Å²) in [4.78, 5) is 0. The molecule has 0 aromatic heterocycles. The molecule has 84 valence electrons. The van der Waals surface area contributed by atoms with Gasteiger partial charge in [0.15, 0.2) is 0 Å². The molecule has 0 unspecified atom stereocenters. The van der Waals surface area contributed by atoms with Crippen LogP contribution in [0.25, 0.3) is 0 Å². The Balaban J connectivity index is 2.62. The highest BCUT2D eigenvalue weighted by atomic mass is 79.9. The minimum atomic E-state index is 1.06. The van der Waals surface area contributed by atoms with Crippen molar-refractivity contribution in [3.05, 3.63) is 35.5 Å². The van der Waals surface area contributed by atoms with Crippen LogP contribution < -0.4 is 0 Å². The molecule has 1 saturated carbocycles. The third-order valence-electron chi connectivity index (χ3n) is 2.86. The minimum absolute atomic E-state index is 1.06. The molecule has 1 fully saturated rings. The zero-order valence-electron chi connectivity index (χ0n) is 9.64. The second-order valence-corrected chi connectivity index (χ2v) is 4.77. The Morgan fingerprint density at radius 1 is 1.13 bits per heavy atom. The number of hydrogen-bond acceptors (Lipinski definition) is 0. The second kappa shape index (κ2) is 7.92. The van der Waals surface area contributed by atoms with Gasteiger partial charge in [0.2, 0.25) is 0 Å². The SMILES string of the molecule is CC=C1CCCCCC1=CC=CCCBr. The predicted octanol–water partition coefficient (Wildman–Crippen LogP) is 5.16. The standard InChI is InChI=1S/C14H21Br/c1-2-13-9-5-3-6-10-14(13)11-7-4-8-12-15/h2,4,7,11H,3,5-6,8-10,12H2,1H3. The van der Waals surface area contributed by atoms with Crippen LogP contribution in [0.4, 0.5) is 0 Å². The van der Waals surface area contributed by atoms with Crippen molar-refractivity contribution in [1.29, 1.82) is 0 Å². The number of hydrogen-bond donors (Lipinski definition) is 0. The maximum atomic E-state index is 3.43. The highest BCUT2D eigenvalue weighted by Gasteiger charge is 2.07. The lowest BCUT2D eigenvalue weighted by Crippen LogP contribution is -1.86. The summed E-state index contributed by atoms with van der Waals surface area (Å²) in [6.45, 7) is 2.16. The fraction of sp³-hybridized carbons (Fsp3) is 0.571. The zero-order valence-corrected chi connectivity index (χ0v) is 11.2. The first-order valence-electron chi connectivity index (χ1n) is 5.95. The average Bonchev–Trinajstić information content (AvgIpc) is 2.49. The van der Waals surface area contributed by atoms with E-state index in [2.05, 4.69) is 47.2 Å².